The molecule has 1 atom stereocenters. The van der Waals surface area contributed by atoms with E-state index in [1.807, 2.05) is 18.3 Å². The molecular weight excluding hydrogens is 573 g/mol. The summed E-state index contributed by atoms with van der Waals surface area (Å²) in [4.78, 5) is 26.8. The number of aromatic nitrogens is 4. The number of carboxylic acid groups (broad SMARTS) is 1. The van der Waals surface area contributed by atoms with E-state index < -0.39 is 11.8 Å². The number of pyridine rings is 1. The first-order valence-corrected chi connectivity index (χ1v) is 14.6. The van der Waals surface area contributed by atoms with Crippen LogP contribution in [0.5, 0.6) is 5.88 Å². The maximum absolute atomic E-state index is 14.3. The lowest BCUT2D eigenvalue weighted by Crippen LogP contribution is -2.33. The van der Waals surface area contributed by atoms with Crippen molar-refractivity contribution in [1.82, 2.24) is 24.4 Å². The van der Waals surface area contributed by atoms with Crippen molar-refractivity contribution >= 4 is 45.1 Å². The van der Waals surface area contributed by atoms with Gasteiger partial charge in [0, 0.05) is 41.9 Å². The molecular formula is C32H29ClFN5O4. The number of benzene rings is 2. The highest BCUT2D eigenvalue weighted by Crippen LogP contribution is 2.31. The van der Waals surface area contributed by atoms with Gasteiger partial charge >= 0.3 is 5.97 Å². The number of carboxylic acids is 1. The van der Waals surface area contributed by atoms with Gasteiger partial charge in [0.25, 0.3) is 0 Å². The predicted molar refractivity (Wildman–Crippen MR) is 161 cm³/mol. The van der Waals surface area contributed by atoms with E-state index in [0.717, 1.165) is 65.0 Å². The van der Waals surface area contributed by atoms with Crippen LogP contribution >= 0.6 is 11.6 Å². The van der Waals surface area contributed by atoms with Crippen molar-refractivity contribution in [3.05, 3.63) is 94.3 Å². The van der Waals surface area contributed by atoms with E-state index in [-0.39, 0.29) is 18.3 Å². The van der Waals surface area contributed by atoms with E-state index in [9.17, 15) is 14.3 Å². The molecule has 2 N–H and O–H groups in total. The average molecular weight is 602 g/mol. The number of H-pyrrole nitrogens is 1. The smallest absolute Gasteiger partial charge is 0.335 e. The predicted octanol–water partition coefficient (Wildman–Crippen LogP) is 6.06. The Bertz CT molecular complexity index is 1880. The van der Waals surface area contributed by atoms with Crippen LogP contribution in [-0.2, 0) is 24.4 Å². The molecule has 9 nitrogen and oxygen atoms in total. The van der Waals surface area contributed by atoms with Crippen molar-refractivity contribution in [2.45, 2.75) is 38.6 Å². The van der Waals surface area contributed by atoms with Crippen molar-refractivity contribution in [3.63, 3.8) is 0 Å². The standard InChI is InChI=1S/C32H29ClFN5O4/c33-23-3-1-22(25(34)15-23)18-43-31-30-20(5-9-35-30)13-27(37-31)19-6-10-38(11-7-19)17-29-36-26-4-2-21(32(40)41)14-28(26)39(29)16-24-8-12-42-24/h1-6,9,13-15,24,35H,7-8,10-12,16-18H2,(H,40,41)/t24-/m0/s1. The molecule has 0 radical (unpaired) electrons. The second kappa shape index (κ2) is 11.4. The second-order valence-electron chi connectivity index (χ2n) is 10.9. The summed E-state index contributed by atoms with van der Waals surface area (Å²) >= 11 is 5.89. The van der Waals surface area contributed by atoms with Crippen LogP contribution in [0.1, 0.15) is 40.3 Å². The molecule has 5 aromatic rings. The fraction of sp³-hybridized carbons (Fsp3) is 0.281. The molecule has 11 heteroatoms. The minimum Gasteiger partial charge on any atom is -0.478 e. The number of rotatable bonds is 9. The lowest BCUT2D eigenvalue weighted by Gasteiger charge is -2.29. The molecule has 220 valence electrons. The Morgan fingerprint density at radius 2 is 2.07 bits per heavy atom. The van der Waals surface area contributed by atoms with Crippen molar-refractivity contribution in [1.29, 1.82) is 0 Å². The molecule has 2 aromatic carbocycles. The average Bonchev–Trinajstić information content (AvgIpc) is 3.58. The summed E-state index contributed by atoms with van der Waals surface area (Å²) in [6.07, 6.45) is 5.88. The number of aromatic amines is 1. The lowest BCUT2D eigenvalue weighted by atomic mass is 10.0. The fourth-order valence-corrected chi connectivity index (χ4v) is 5.79. The number of nitrogens with one attached hydrogen (secondary N) is 1. The van der Waals surface area contributed by atoms with Gasteiger partial charge in [-0.1, -0.05) is 23.7 Å². The van der Waals surface area contributed by atoms with Crippen molar-refractivity contribution in [3.8, 4) is 5.88 Å². The molecule has 1 fully saturated rings. The van der Waals surface area contributed by atoms with Crippen LogP contribution in [-0.4, -0.2) is 61.3 Å². The van der Waals surface area contributed by atoms with Crippen LogP contribution in [0.2, 0.25) is 5.02 Å². The largest absolute Gasteiger partial charge is 0.478 e. The third-order valence-corrected chi connectivity index (χ3v) is 8.36. The highest BCUT2D eigenvalue weighted by atomic mass is 35.5. The molecule has 7 rings (SSSR count). The zero-order chi connectivity index (χ0) is 29.5. The van der Waals surface area contributed by atoms with Gasteiger partial charge in [-0.3, -0.25) is 4.90 Å². The van der Waals surface area contributed by atoms with E-state index in [4.69, 9.17) is 31.0 Å². The van der Waals surface area contributed by atoms with Gasteiger partial charge in [-0.15, -0.1) is 0 Å². The van der Waals surface area contributed by atoms with Gasteiger partial charge in [0.2, 0.25) is 5.88 Å². The molecule has 0 spiro atoms. The highest BCUT2D eigenvalue weighted by molar-refractivity contribution is 6.30. The van der Waals surface area contributed by atoms with Crippen LogP contribution in [0.3, 0.4) is 0 Å². The van der Waals surface area contributed by atoms with Crippen LogP contribution in [0.4, 0.5) is 4.39 Å². The van der Waals surface area contributed by atoms with Crippen LogP contribution in [0.25, 0.3) is 27.5 Å². The minimum absolute atomic E-state index is 0.0290. The topological polar surface area (TPSA) is 106 Å². The first-order valence-electron chi connectivity index (χ1n) is 14.2. The third kappa shape index (κ3) is 5.61. The van der Waals surface area contributed by atoms with Gasteiger partial charge < -0.3 is 24.1 Å². The number of fused-ring (bicyclic) bond motifs is 2. The number of hydrogen-bond donors (Lipinski definition) is 2. The van der Waals surface area contributed by atoms with E-state index in [1.165, 1.54) is 6.07 Å². The summed E-state index contributed by atoms with van der Waals surface area (Å²) in [6.45, 7) is 3.56. The molecule has 2 aliphatic heterocycles. The number of nitrogens with zero attached hydrogens (tertiary/aromatic N) is 4. The Hall–Kier alpha value is -4.25. The Balaban J connectivity index is 1.10. The summed E-state index contributed by atoms with van der Waals surface area (Å²) in [5.74, 6) is -0.0656. The second-order valence-corrected chi connectivity index (χ2v) is 11.4. The molecule has 5 heterocycles. The number of carbonyl (C=O) groups is 1. The van der Waals surface area contributed by atoms with Gasteiger partial charge in [0.1, 0.15) is 23.8 Å². The molecule has 0 bridgehead atoms. The molecule has 43 heavy (non-hydrogen) atoms. The summed E-state index contributed by atoms with van der Waals surface area (Å²) in [5.41, 5.74) is 4.94. The normalized spacial score (nSPS) is 17.3. The quantitative estimate of drug-likeness (QED) is 0.212. The summed E-state index contributed by atoms with van der Waals surface area (Å²) < 4.78 is 28.2. The molecule has 0 aliphatic carbocycles. The van der Waals surface area contributed by atoms with E-state index in [0.29, 0.717) is 36.1 Å². The van der Waals surface area contributed by atoms with Gasteiger partial charge in [-0.05, 0) is 60.9 Å². The highest BCUT2D eigenvalue weighted by Gasteiger charge is 2.24. The number of imidazole rings is 1. The van der Waals surface area contributed by atoms with Gasteiger partial charge in [0.05, 0.1) is 41.5 Å². The van der Waals surface area contributed by atoms with Crippen LogP contribution in [0, 0.1) is 5.82 Å². The van der Waals surface area contributed by atoms with E-state index >= 15 is 0 Å². The lowest BCUT2D eigenvalue weighted by molar-refractivity contribution is -0.0591. The maximum atomic E-state index is 14.3. The molecule has 1 saturated heterocycles. The van der Waals surface area contributed by atoms with Crippen molar-refractivity contribution in [2.24, 2.45) is 0 Å². The molecule has 2 aliphatic rings. The Kier molecular flexibility index (Phi) is 7.34. The summed E-state index contributed by atoms with van der Waals surface area (Å²) in [6, 6.07) is 13.6. The van der Waals surface area contributed by atoms with Gasteiger partial charge in [-0.25, -0.2) is 19.2 Å². The zero-order valence-corrected chi connectivity index (χ0v) is 24.0. The fourth-order valence-electron chi connectivity index (χ4n) is 5.64. The van der Waals surface area contributed by atoms with Gasteiger partial charge in [-0.2, -0.15) is 0 Å². The monoisotopic (exact) mass is 601 g/mol. The van der Waals surface area contributed by atoms with E-state index in [2.05, 4.69) is 20.5 Å². The first-order chi connectivity index (χ1) is 20.9. The Morgan fingerprint density at radius 1 is 1.19 bits per heavy atom. The zero-order valence-electron chi connectivity index (χ0n) is 23.2. The molecule has 0 amide bonds. The number of halogens is 2. The molecule has 0 unspecified atom stereocenters. The number of ether oxygens (including phenoxy) is 2. The van der Waals surface area contributed by atoms with Crippen LogP contribution < -0.4 is 4.74 Å². The third-order valence-electron chi connectivity index (χ3n) is 8.13. The number of aromatic carboxylic acids is 1. The van der Waals surface area contributed by atoms with Crippen molar-refractivity contribution < 1.29 is 23.8 Å². The Labute approximate surface area is 251 Å². The Morgan fingerprint density at radius 3 is 2.81 bits per heavy atom. The number of hydrogen-bond acceptors (Lipinski definition) is 6. The van der Waals surface area contributed by atoms with Gasteiger partial charge in [0.15, 0.2) is 0 Å². The molecule has 3 aromatic heterocycles. The first kappa shape index (κ1) is 27.6. The maximum Gasteiger partial charge on any atom is 0.335 e. The summed E-state index contributed by atoms with van der Waals surface area (Å²) in [5, 5.41) is 10.8. The SMILES string of the molecule is O=C(O)c1ccc2nc(CN3CC=C(c4cc5cc[nH]c5c(OCc5ccc(Cl)cc5F)n4)CC3)n(C[C@@H]3CCO3)c2c1. The van der Waals surface area contributed by atoms with Crippen molar-refractivity contribution in [2.75, 3.05) is 19.7 Å². The van der Waals surface area contributed by atoms with Crippen LogP contribution in [0.15, 0.2) is 60.8 Å². The van der Waals surface area contributed by atoms with E-state index in [1.54, 1.807) is 30.3 Å². The minimum atomic E-state index is -0.957. The molecule has 0 saturated carbocycles. The summed E-state index contributed by atoms with van der Waals surface area (Å²) in [7, 11) is 0.